The van der Waals surface area contributed by atoms with Crippen LogP contribution in [0.1, 0.15) is 13.8 Å². The number of carbonyl (C=O) groups excluding carboxylic acids is 1. The van der Waals surface area contributed by atoms with E-state index in [-0.39, 0.29) is 20.1 Å². The number of aliphatic hydroxyl groups excluding tert-OH is 1. The molecule has 0 radical (unpaired) electrons. The van der Waals surface area contributed by atoms with Crippen molar-refractivity contribution in [3.05, 3.63) is 35.9 Å². The first-order chi connectivity index (χ1) is 9.60. The maximum atomic E-state index is 11.9. The zero-order valence-corrected chi connectivity index (χ0v) is 10.4. The van der Waals surface area contributed by atoms with Gasteiger partial charge in [0.25, 0.3) is 0 Å². The minimum absolute atomic E-state index is 0.00589. The smallest absolute Gasteiger partial charge is 0.410 e. The predicted octanol–water partition coefficient (Wildman–Crippen LogP) is 1.09. The van der Waals surface area contributed by atoms with Crippen molar-refractivity contribution in [2.45, 2.75) is 19.5 Å². The fourth-order valence-corrected chi connectivity index (χ4v) is 1.49. The highest BCUT2D eigenvalue weighted by atomic mass is 16.6. The molecule has 0 heterocycles. The van der Waals surface area contributed by atoms with Crippen molar-refractivity contribution in [1.82, 2.24) is 4.90 Å². The second-order valence-corrected chi connectivity index (χ2v) is 3.77. The molecule has 1 aromatic rings. The van der Waals surface area contributed by atoms with Gasteiger partial charge in [0, 0.05) is 7.92 Å². The lowest BCUT2D eigenvalue weighted by Crippen LogP contribution is -2.47. The van der Waals surface area contributed by atoms with Crippen LogP contribution in [0.5, 0.6) is 0 Å². The summed E-state index contributed by atoms with van der Waals surface area (Å²) < 4.78 is 12.1. The van der Waals surface area contributed by atoms with Gasteiger partial charge in [-0.25, -0.2) is 9.59 Å². The highest BCUT2D eigenvalue weighted by Crippen LogP contribution is 2.06. The molecule has 0 saturated heterocycles. The number of carboxylic acid groups (broad SMARTS) is 1. The summed E-state index contributed by atoms with van der Waals surface area (Å²) in [5, 5.41) is 18.0. The normalized spacial score (nSPS) is 12.4. The Kier molecular flexibility index (Phi) is 5.18. The molecule has 0 aliphatic rings. The molecule has 6 nitrogen and oxygen atoms in total. The van der Waals surface area contributed by atoms with Crippen molar-refractivity contribution >= 4 is 12.1 Å². The molecule has 0 bridgehead atoms. The maximum absolute atomic E-state index is 11.9. The largest absolute Gasteiger partial charge is 0.480 e. The number of aliphatic hydroxyl groups is 1. The van der Waals surface area contributed by atoms with E-state index in [1.165, 1.54) is 0 Å². The molecule has 0 fully saturated rings. The van der Waals surface area contributed by atoms with Crippen LogP contribution >= 0.6 is 0 Å². The Morgan fingerprint density at radius 1 is 1.42 bits per heavy atom. The van der Waals surface area contributed by atoms with Crippen LogP contribution in [0.25, 0.3) is 0 Å². The van der Waals surface area contributed by atoms with E-state index in [0.717, 1.165) is 10.5 Å². The molecule has 0 saturated carbocycles. The summed E-state index contributed by atoms with van der Waals surface area (Å²) in [6.07, 6.45) is -0.859. The maximum Gasteiger partial charge on any atom is 0.410 e. The first-order valence-corrected chi connectivity index (χ1v) is 5.70. The molecule has 1 atom stereocenters. The second-order valence-electron chi connectivity index (χ2n) is 3.77. The van der Waals surface area contributed by atoms with Crippen molar-refractivity contribution in [2.24, 2.45) is 0 Å². The van der Waals surface area contributed by atoms with Crippen molar-refractivity contribution < 1.29 is 25.9 Å². The van der Waals surface area contributed by atoms with Gasteiger partial charge in [-0.15, -0.1) is 0 Å². The first-order valence-electron chi connectivity index (χ1n) is 6.41. The lowest BCUT2D eigenvalue weighted by atomic mass is 10.2. The van der Waals surface area contributed by atoms with Crippen LogP contribution in [-0.2, 0) is 16.1 Å². The number of carbonyl (C=O) groups is 2. The number of rotatable bonds is 6. The van der Waals surface area contributed by atoms with E-state index >= 15 is 0 Å². The molecule has 0 aliphatic carbocycles. The van der Waals surface area contributed by atoms with E-state index in [9.17, 15) is 9.59 Å². The van der Waals surface area contributed by atoms with Crippen LogP contribution in [0.4, 0.5) is 4.79 Å². The van der Waals surface area contributed by atoms with Gasteiger partial charge in [-0.3, -0.25) is 4.90 Å². The highest BCUT2D eigenvalue weighted by molar-refractivity contribution is 5.80. The van der Waals surface area contributed by atoms with E-state index in [1.807, 2.05) is 6.07 Å². The number of nitrogens with zero attached hydrogens (tertiary/aromatic N) is 1. The Morgan fingerprint density at radius 2 is 2.11 bits per heavy atom. The Labute approximate surface area is 112 Å². The van der Waals surface area contributed by atoms with Gasteiger partial charge < -0.3 is 14.9 Å². The topological polar surface area (TPSA) is 87.1 Å². The van der Waals surface area contributed by atoms with Crippen LogP contribution in [0.15, 0.2) is 30.3 Å². The first kappa shape index (κ1) is 13.4. The number of carboxylic acids is 1. The summed E-state index contributed by atoms with van der Waals surface area (Å²) in [4.78, 5) is 23.7. The lowest BCUT2D eigenvalue weighted by Gasteiger charge is -2.25. The molecule has 6 heteroatoms. The SMILES string of the molecule is [2H]CCN(C(=O)OCc1ccccc1)[C@@H](CO)C(=O)O. The van der Waals surface area contributed by atoms with E-state index < -0.39 is 24.7 Å². The third-order valence-corrected chi connectivity index (χ3v) is 2.51. The lowest BCUT2D eigenvalue weighted by molar-refractivity contribution is -0.144. The molecule has 0 aromatic heterocycles. The van der Waals surface area contributed by atoms with Crippen LogP contribution in [-0.4, -0.2) is 46.4 Å². The van der Waals surface area contributed by atoms with Gasteiger partial charge in [-0.1, -0.05) is 30.3 Å². The average molecular weight is 268 g/mol. The van der Waals surface area contributed by atoms with E-state index in [1.54, 1.807) is 24.3 Å². The minimum atomic E-state index is -1.40. The molecule has 0 spiro atoms. The van der Waals surface area contributed by atoms with Gasteiger partial charge in [0.2, 0.25) is 0 Å². The van der Waals surface area contributed by atoms with Gasteiger partial charge >= 0.3 is 12.1 Å². The zero-order valence-electron chi connectivity index (χ0n) is 11.4. The van der Waals surface area contributed by atoms with Gasteiger partial charge in [-0.2, -0.15) is 0 Å². The molecular weight excluding hydrogens is 250 g/mol. The minimum Gasteiger partial charge on any atom is -0.480 e. The number of likely N-dealkylation sites (N-methyl/N-ethyl adjacent to an activating group) is 1. The third-order valence-electron chi connectivity index (χ3n) is 2.51. The third kappa shape index (κ3) is 4.26. The number of hydrogen-bond acceptors (Lipinski definition) is 4. The molecule has 1 aromatic carbocycles. The van der Waals surface area contributed by atoms with Crippen molar-refractivity contribution in [3.8, 4) is 0 Å². The van der Waals surface area contributed by atoms with Crippen LogP contribution in [0.2, 0.25) is 0 Å². The number of hydrogen-bond donors (Lipinski definition) is 2. The molecule has 104 valence electrons. The Hall–Kier alpha value is -2.08. The number of aliphatic carboxylic acids is 1. The molecule has 19 heavy (non-hydrogen) atoms. The summed E-state index contributed by atoms with van der Waals surface area (Å²) in [5.41, 5.74) is 0.766. The Bertz CT molecular complexity index is 440. The zero-order chi connectivity index (χ0) is 15.0. The summed E-state index contributed by atoms with van der Waals surface area (Å²) >= 11 is 0. The average Bonchev–Trinajstić information content (AvgIpc) is 2.45. The quantitative estimate of drug-likeness (QED) is 0.806. The van der Waals surface area contributed by atoms with Crippen molar-refractivity contribution in [3.63, 3.8) is 0 Å². The monoisotopic (exact) mass is 268 g/mol. The molecule has 1 amide bonds. The second kappa shape index (κ2) is 7.38. The fraction of sp³-hybridized carbons (Fsp3) is 0.385. The number of amides is 1. The van der Waals surface area contributed by atoms with Gasteiger partial charge in [-0.05, 0) is 12.5 Å². The van der Waals surface area contributed by atoms with Crippen molar-refractivity contribution in [2.75, 3.05) is 13.2 Å². The standard InChI is InChI=1S/C13H17NO5/c1-2-14(11(8-15)12(16)17)13(18)19-9-10-6-4-3-5-7-10/h3-7,11,15H,2,8-9H2,1H3,(H,16,17)/t11-/m0/s1/i1D. The number of ether oxygens (including phenoxy) is 1. The molecule has 2 N–H and O–H groups in total. The van der Waals surface area contributed by atoms with E-state index in [2.05, 4.69) is 0 Å². The van der Waals surface area contributed by atoms with Gasteiger partial charge in [0.15, 0.2) is 6.04 Å². The molecule has 0 unspecified atom stereocenters. The van der Waals surface area contributed by atoms with E-state index in [4.69, 9.17) is 16.3 Å². The van der Waals surface area contributed by atoms with Crippen molar-refractivity contribution in [1.29, 1.82) is 0 Å². The van der Waals surface area contributed by atoms with Crippen LogP contribution in [0.3, 0.4) is 0 Å². The number of benzene rings is 1. The fourth-order valence-electron chi connectivity index (χ4n) is 1.49. The summed E-state index contributed by atoms with van der Waals surface area (Å²) in [5.74, 6) is -1.34. The summed E-state index contributed by atoms with van der Waals surface area (Å²) in [6.45, 7) is -1.02. The molecule has 1 rings (SSSR count). The Balaban J connectivity index is 2.66. The Morgan fingerprint density at radius 3 is 2.63 bits per heavy atom. The highest BCUT2D eigenvalue weighted by Gasteiger charge is 2.28. The molecule has 0 aliphatic heterocycles. The summed E-state index contributed by atoms with van der Waals surface area (Å²) in [7, 11) is 0. The van der Waals surface area contributed by atoms with Gasteiger partial charge in [0.05, 0.1) is 6.61 Å². The van der Waals surface area contributed by atoms with Gasteiger partial charge in [0.1, 0.15) is 6.61 Å². The van der Waals surface area contributed by atoms with Crippen LogP contribution < -0.4 is 0 Å². The van der Waals surface area contributed by atoms with E-state index in [0.29, 0.717) is 0 Å². The summed E-state index contributed by atoms with van der Waals surface area (Å²) in [6, 6.07) is 7.54. The van der Waals surface area contributed by atoms with Crippen LogP contribution in [0, 0.1) is 0 Å². The predicted molar refractivity (Wildman–Crippen MR) is 67.5 cm³/mol. The molecular formula is C13H17NO5.